The summed E-state index contributed by atoms with van der Waals surface area (Å²) in [7, 11) is 0. The number of oxime groups is 1. The van der Waals surface area contributed by atoms with Crippen LogP contribution in [-0.2, 0) is 15.1 Å². The minimum Gasteiger partial charge on any atom is -0.388 e. The molecule has 1 N–H and O–H groups in total. The van der Waals surface area contributed by atoms with Crippen LogP contribution in [0.2, 0.25) is 0 Å². The molecule has 1 saturated heterocycles. The lowest BCUT2D eigenvalue weighted by Gasteiger charge is -2.35. The van der Waals surface area contributed by atoms with Gasteiger partial charge in [-0.05, 0) is 40.8 Å². The van der Waals surface area contributed by atoms with Crippen LogP contribution >= 0.6 is 0 Å². The standard InChI is InChI=1S/C24H28FN3O3/c1-23(2,3)18-6-4-17(5-7-18)21-16-24(31-27-21)12-14-28(15-13-24)30-22(29)26-20-10-8-19(25)9-11-20/h4-11H,12-16H2,1-3H3,(H,26,29). The van der Waals surface area contributed by atoms with E-state index in [0.29, 0.717) is 31.6 Å². The number of nitrogens with zero attached hydrogens (tertiary/aromatic N) is 2. The molecule has 2 heterocycles. The van der Waals surface area contributed by atoms with Crippen LogP contribution in [0.5, 0.6) is 0 Å². The number of hydrogen-bond donors (Lipinski definition) is 1. The van der Waals surface area contributed by atoms with E-state index in [0.717, 1.165) is 17.7 Å². The smallest absolute Gasteiger partial charge is 0.388 e. The molecule has 0 atom stereocenters. The summed E-state index contributed by atoms with van der Waals surface area (Å²) in [5.41, 5.74) is 3.59. The minimum absolute atomic E-state index is 0.115. The van der Waals surface area contributed by atoms with Crippen LogP contribution < -0.4 is 5.32 Å². The number of nitrogens with one attached hydrogen (secondary N) is 1. The van der Waals surface area contributed by atoms with Gasteiger partial charge in [0.05, 0.1) is 5.71 Å². The molecule has 0 aliphatic carbocycles. The third-order valence-corrected chi connectivity index (χ3v) is 5.86. The normalized spacial score (nSPS) is 18.4. The van der Waals surface area contributed by atoms with E-state index in [-0.39, 0.29) is 16.8 Å². The van der Waals surface area contributed by atoms with Gasteiger partial charge in [-0.3, -0.25) is 5.32 Å². The van der Waals surface area contributed by atoms with Crippen molar-refractivity contribution in [1.29, 1.82) is 0 Å². The molecule has 2 aliphatic heterocycles. The number of benzene rings is 2. The van der Waals surface area contributed by atoms with Crippen molar-refractivity contribution >= 4 is 17.5 Å². The molecule has 2 aliphatic rings. The summed E-state index contributed by atoms with van der Waals surface area (Å²) in [6.07, 6.45) is 1.58. The van der Waals surface area contributed by atoms with E-state index in [1.807, 2.05) is 0 Å². The van der Waals surface area contributed by atoms with Gasteiger partial charge in [-0.25, -0.2) is 9.18 Å². The number of amides is 1. The average Bonchev–Trinajstić information content (AvgIpc) is 3.15. The first kappa shape index (κ1) is 21.3. The zero-order valence-corrected chi connectivity index (χ0v) is 18.2. The fraction of sp³-hybridized carbons (Fsp3) is 0.417. The molecule has 7 heteroatoms. The molecule has 1 amide bonds. The average molecular weight is 426 g/mol. The van der Waals surface area contributed by atoms with Crippen LogP contribution in [0.3, 0.4) is 0 Å². The Kier molecular flexibility index (Phi) is 5.71. The van der Waals surface area contributed by atoms with Crippen LogP contribution in [0.25, 0.3) is 0 Å². The maximum absolute atomic E-state index is 13.0. The summed E-state index contributed by atoms with van der Waals surface area (Å²) in [6, 6.07) is 14.1. The van der Waals surface area contributed by atoms with Gasteiger partial charge >= 0.3 is 6.09 Å². The first-order valence-corrected chi connectivity index (χ1v) is 10.6. The summed E-state index contributed by atoms with van der Waals surface area (Å²) in [4.78, 5) is 23.3. The number of carbonyl (C=O) groups is 1. The molecule has 4 rings (SSSR count). The number of halogens is 1. The highest BCUT2D eigenvalue weighted by atomic mass is 19.1. The van der Waals surface area contributed by atoms with Gasteiger partial charge in [0.15, 0.2) is 0 Å². The monoisotopic (exact) mass is 425 g/mol. The second-order valence-electron chi connectivity index (χ2n) is 9.26. The highest BCUT2D eigenvalue weighted by Gasteiger charge is 2.43. The molecule has 0 bridgehead atoms. The van der Waals surface area contributed by atoms with E-state index in [1.54, 1.807) is 5.06 Å². The Morgan fingerprint density at radius 1 is 1.10 bits per heavy atom. The fourth-order valence-electron chi connectivity index (χ4n) is 3.88. The summed E-state index contributed by atoms with van der Waals surface area (Å²) in [5.74, 6) is -0.358. The molecule has 0 radical (unpaired) electrons. The van der Waals surface area contributed by atoms with Crippen molar-refractivity contribution in [3.05, 3.63) is 65.5 Å². The molecular formula is C24H28FN3O3. The van der Waals surface area contributed by atoms with Crippen LogP contribution in [0.1, 0.15) is 51.2 Å². The largest absolute Gasteiger partial charge is 0.430 e. The fourth-order valence-corrected chi connectivity index (χ4v) is 3.88. The van der Waals surface area contributed by atoms with Gasteiger partial charge in [-0.15, -0.1) is 5.06 Å². The number of carbonyl (C=O) groups excluding carboxylic acids is 1. The Morgan fingerprint density at radius 2 is 1.74 bits per heavy atom. The van der Waals surface area contributed by atoms with Crippen molar-refractivity contribution in [2.75, 3.05) is 18.4 Å². The van der Waals surface area contributed by atoms with Crippen molar-refractivity contribution in [2.24, 2.45) is 5.16 Å². The molecule has 6 nitrogen and oxygen atoms in total. The van der Waals surface area contributed by atoms with E-state index in [9.17, 15) is 9.18 Å². The number of rotatable bonds is 3. The molecule has 0 aromatic heterocycles. The zero-order chi connectivity index (χ0) is 22.1. The summed E-state index contributed by atoms with van der Waals surface area (Å²) < 4.78 is 13.0. The third kappa shape index (κ3) is 5.05. The number of hydrogen-bond acceptors (Lipinski definition) is 5. The number of hydroxylamine groups is 2. The van der Waals surface area contributed by atoms with E-state index in [4.69, 9.17) is 9.68 Å². The van der Waals surface area contributed by atoms with Crippen molar-refractivity contribution in [3.8, 4) is 0 Å². The number of piperidine rings is 1. The highest BCUT2D eigenvalue weighted by molar-refractivity contribution is 6.01. The quantitative estimate of drug-likeness (QED) is 0.730. The van der Waals surface area contributed by atoms with E-state index < -0.39 is 6.09 Å². The van der Waals surface area contributed by atoms with Crippen molar-refractivity contribution in [2.45, 2.75) is 51.0 Å². The molecule has 1 spiro atoms. The predicted octanol–water partition coefficient (Wildman–Crippen LogP) is 5.25. The molecular weight excluding hydrogens is 397 g/mol. The van der Waals surface area contributed by atoms with Crippen LogP contribution in [0.15, 0.2) is 53.7 Å². The molecule has 0 saturated carbocycles. The van der Waals surface area contributed by atoms with Gasteiger partial charge < -0.3 is 9.68 Å². The lowest BCUT2D eigenvalue weighted by atomic mass is 9.84. The van der Waals surface area contributed by atoms with Crippen molar-refractivity contribution in [1.82, 2.24) is 5.06 Å². The van der Waals surface area contributed by atoms with Gasteiger partial charge in [-0.1, -0.05) is 50.2 Å². The van der Waals surface area contributed by atoms with Gasteiger partial charge in [0.1, 0.15) is 11.4 Å². The van der Waals surface area contributed by atoms with E-state index >= 15 is 0 Å². The van der Waals surface area contributed by atoms with Crippen LogP contribution in [-0.4, -0.2) is 35.6 Å². The topological polar surface area (TPSA) is 63.2 Å². The Morgan fingerprint density at radius 3 is 2.35 bits per heavy atom. The first-order valence-electron chi connectivity index (χ1n) is 10.6. The summed E-state index contributed by atoms with van der Waals surface area (Å²) in [6.45, 7) is 7.71. The highest BCUT2D eigenvalue weighted by Crippen LogP contribution is 2.36. The van der Waals surface area contributed by atoms with Crippen LogP contribution in [0.4, 0.5) is 14.9 Å². The molecule has 164 valence electrons. The summed E-state index contributed by atoms with van der Waals surface area (Å²) in [5, 5.41) is 8.60. The number of anilines is 1. The van der Waals surface area contributed by atoms with Gasteiger partial charge in [-0.2, -0.15) is 0 Å². The Labute approximate surface area is 182 Å². The molecule has 31 heavy (non-hydrogen) atoms. The lowest BCUT2D eigenvalue weighted by molar-refractivity contribution is -0.154. The molecule has 0 unspecified atom stereocenters. The van der Waals surface area contributed by atoms with Gasteiger partial charge in [0.25, 0.3) is 0 Å². The summed E-state index contributed by atoms with van der Waals surface area (Å²) >= 11 is 0. The van der Waals surface area contributed by atoms with E-state index in [2.05, 4.69) is 55.5 Å². The Bertz CT molecular complexity index is 957. The van der Waals surface area contributed by atoms with Crippen molar-refractivity contribution < 1.29 is 18.9 Å². The SMILES string of the molecule is CC(C)(C)c1ccc(C2=NOC3(CCN(OC(=O)Nc4ccc(F)cc4)CC3)C2)cc1. The van der Waals surface area contributed by atoms with Gasteiger partial charge in [0, 0.05) is 38.0 Å². The lowest BCUT2D eigenvalue weighted by Crippen LogP contribution is -2.45. The second-order valence-corrected chi connectivity index (χ2v) is 9.26. The first-order chi connectivity index (χ1) is 14.7. The van der Waals surface area contributed by atoms with Crippen LogP contribution in [0, 0.1) is 5.82 Å². The van der Waals surface area contributed by atoms with E-state index in [1.165, 1.54) is 29.8 Å². The zero-order valence-electron chi connectivity index (χ0n) is 18.2. The molecule has 1 fully saturated rings. The van der Waals surface area contributed by atoms with Crippen molar-refractivity contribution in [3.63, 3.8) is 0 Å². The van der Waals surface area contributed by atoms with Gasteiger partial charge in [0.2, 0.25) is 0 Å². The third-order valence-electron chi connectivity index (χ3n) is 5.86. The molecule has 2 aromatic carbocycles. The predicted molar refractivity (Wildman–Crippen MR) is 117 cm³/mol. The second kappa shape index (κ2) is 8.30. The Balaban J connectivity index is 1.28. The maximum Gasteiger partial charge on any atom is 0.430 e. The minimum atomic E-state index is -0.592. The Hall–Kier alpha value is -2.93. The maximum atomic E-state index is 13.0. The molecule has 2 aromatic rings.